The van der Waals surface area contributed by atoms with Crippen molar-refractivity contribution in [3.8, 4) is 0 Å². The standard InChI is InChI=1S/C32H44O7/c1-7-8-9-10-11-12-13-14-25(34)39-29-19(2)17-31-20(3)15-24-26(30(24,5)6)23(28(31)36)16-22(18-38-21(4)33)27(35)32(29,31)37/h11-14,16-17,20,23-24,26-27,29,35,37H,7-10,15,18H2,1-6H3/b12-11-,14-13+/t20-,23+,24-,26+,27-,29+,31?,32+/m1/s1. The third-order valence-electron chi connectivity index (χ3n) is 9.84. The van der Waals surface area contributed by atoms with Gasteiger partial charge in [-0.1, -0.05) is 70.9 Å². The lowest BCUT2D eigenvalue weighted by Crippen LogP contribution is -2.65. The number of fused-ring (bicyclic) bond motifs is 3. The molecule has 2 saturated carbocycles. The van der Waals surface area contributed by atoms with Gasteiger partial charge in [0.05, 0.1) is 5.41 Å². The summed E-state index contributed by atoms with van der Waals surface area (Å²) < 4.78 is 11.1. The lowest BCUT2D eigenvalue weighted by atomic mass is 9.59. The first-order valence-electron chi connectivity index (χ1n) is 14.4. The molecule has 2 N–H and O–H groups in total. The topological polar surface area (TPSA) is 110 Å². The van der Waals surface area contributed by atoms with E-state index < -0.39 is 41.1 Å². The average molecular weight is 541 g/mol. The molecule has 0 aromatic heterocycles. The highest BCUT2D eigenvalue weighted by Crippen LogP contribution is 2.71. The van der Waals surface area contributed by atoms with Crippen molar-refractivity contribution in [2.24, 2.45) is 34.5 Å². The van der Waals surface area contributed by atoms with Gasteiger partial charge in [0.2, 0.25) is 0 Å². The Balaban J connectivity index is 1.69. The molecule has 7 nitrogen and oxygen atoms in total. The van der Waals surface area contributed by atoms with Crippen LogP contribution < -0.4 is 0 Å². The zero-order valence-electron chi connectivity index (χ0n) is 24.1. The number of allylic oxidation sites excluding steroid dienone is 4. The number of carbonyl (C=O) groups is 3. The number of unbranched alkanes of at least 4 members (excludes halogenated alkanes) is 3. The SMILES string of the molecule is CCCCC/C=C\C=C\C(=O)O[C@H]1C(C)=CC23C(=O)[C@@H](C=C(COC(C)=O)[C@@H](O)[C@]12O)[C@H]1[C@@H](C[C@H]3C)C1(C)C. The van der Waals surface area contributed by atoms with E-state index >= 15 is 0 Å². The van der Waals surface area contributed by atoms with E-state index in [0.717, 1.165) is 25.7 Å². The van der Waals surface area contributed by atoms with Crippen LogP contribution in [-0.2, 0) is 23.9 Å². The zero-order valence-corrected chi connectivity index (χ0v) is 24.1. The minimum Gasteiger partial charge on any atom is -0.461 e. The Hall–Kier alpha value is -2.51. The van der Waals surface area contributed by atoms with Crippen molar-refractivity contribution < 1.29 is 34.1 Å². The number of rotatable bonds is 9. The first-order chi connectivity index (χ1) is 18.3. The van der Waals surface area contributed by atoms with Crippen molar-refractivity contribution in [2.45, 2.75) is 91.5 Å². The first-order valence-corrected chi connectivity index (χ1v) is 14.4. The number of aliphatic hydroxyl groups excluding tert-OH is 1. The van der Waals surface area contributed by atoms with Gasteiger partial charge >= 0.3 is 11.9 Å². The molecule has 7 heteroatoms. The minimum atomic E-state index is -2.14. The minimum absolute atomic E-state index is 0.0519. The second kappa shape index (κ2) is 10.8. The maximum Gasteiger partial charge on any atom is 0.331 e. The summed E-state index contributed by atoms with van der Waals surface area (Å²) in [5, 5.41) is 24.3. The van der Waals surface area contributed by atoms with Gasteiger partial charge in [0, 0.05) is 18.9 Å². The molecule has 4 rings (SSSR count). The van der Waals surface area contributed by atoms with Crippen LogP contribution in [0.4, 0.5) is 0 Å². The van der Waals surface area contributed by atoms with Gasteiger partial charge in [0.25, 0.3) is 0 Å². The van der Waals surface area contributed by atoms with Gasteiger partial charge in [-0.15, -0.1) is 0 Å². The molecule has 0 saturated heterocycles. The van der Waals surface area contributed by atoms with Crippen molar-refractivity contribution in [1.82, 2.24) is 0 Å². The maximum absolute atomic E-state index is 14.5. The molecule has 0 aromatic carbocycles. The smallest absolute Gasteiger partial charge is 0.331 e. The Labute approximate surface area is 232 Å². The van der Waals surface area contributed by atoms with Crippen LogP contribution in [-0.4, -0.2) is 52.4 Å². The summed E-state index contributed by atoms with van der Waals surface area (Å²) in [6.07, 6.45) is 12.3. The molecule has 2 fully saturated rings. The Kier molecular flexibility index (Phi) is 8.17. The molecule has 1 unspecified atom stereocenters. The van der Waals surface area contributed by atoms with E-state index in [2.05, 4.69) is 20.8 Å². The lowest BCUT2D eigenvalue weighted by Gasteiger charge is -2.48. The first kappa shape index (κ1) is 29.5. The molecule has 0 heterocycles. The van der Waals surface area contributed by atoms with E-state index in [1.807, 2.05) is 13.0 Å². The molecule has 1 spiro atoms. The van der Waals surface area contributed by atoms with Crippen LogP contribution in [0.5, 0.6) is 0 Å². The fraction of sp³-hybridized carbons (Fsp3) is 0.656. The number of ketones is 1. The number of Topliss-reactive ketones (excluding diaryl/α,β-unsaturated/α-hetero) is 1. The van der Waals surface area contributed by atoms with Crippen molar-refractivity contribution >= 4 is 17.7 Å². The molecule has 214 valence electrons. The summed E-state index contributed by atoms with van der Waals surface area (Å²) in [6.45, 7) is 11.1. The summed E-state index contributed by atoms with van der Waals surface area (Å²) in [5.74, 6) is -1.92. The highest BCUT2D eigenvalue weighted by atomic mass is 16.6. The number of hydrogen-bond acceptors (Lipinski definition) is 7. The van der Waals surface area contributed by atoms with Gasteiger partial charge in [0.15, 0.2) is 17.5 Å². The number of aliphatic hydroxyl groups is 2. The van der Waals surface area contributed by atoms with Crippen LogP contribution in [0, 0.1) is 34.5 Å². The van der Waals surface area contributed by atoms with E-state index in [4.69, 9.17) is 9.47 Å². The van der Waals surface area contributed by atoms with Crippen LogP contribution in [0.15, 0.2) is 47.6 Å². The highest BCUT2D eigenvalue weighted by Gasteiger charge is 2.76. The van der Waals surface area contributed by atoms with Gasteiger partial charge in [-0.05, 0) is 60.5 Å². The second-order valence-electron chi connectivity index (χ2n) is 12.6. The second-order valence-corrected chi connectivity index (χ2v) is 12.6. The maximum atomic E-state index is 14.5. The van der Waals surface area contributed by atoms with Crippen LogP contribution in [0.1, 0.15) is 73.6 Å². The van der Waals surface area contributed by atoms with E-state index in [1.165, 1.54) is 13.0 Å². The van der Waals surface area contributed by atoms with Gasteiger partial charge in [0.1, 0.15) is 12.7 Å². The van der Waals surface area contributed by atoms with Crippen molar-refractivity contribution in [3.63, 3.8) is 0 Å². The van der Waals surface area contributed by atoms with Gasteiger partial charge in [-0.25, -0.2) is 4.79 Å². The molecule has 0 radical (unpaired) electrons. The molecular weight excluding hydrogens is 496 g/mol. The Morgan fingerprint density at radius 2 is 1.92 bits per heavy atom. The van der Waals surface area contributed by atoms with E-state index in [9.17, 15) is 24.6 Å². The summed E-state index contributed by atoms with van der Waals surface area (Å²) >= 11 is 0. The molecule has 8 atom stereocenters. The van der Waals surface area contributed by atoms with Gasteiger partial charge in [-0.3, -0.25) is 9.59 Å². The number of esters is 2. The third kappa shape index (κ3) is 4.76. The number of carbonyl (C=O) groups excluding carboxylic acids is 3. The number of ether oxygens (including phenoxy) is 2. The quantitative estimate of drug-likeness (QED) is 0.144. The molecular formula is C32H44O7. The van der Waals surface area contributed by atoms with Crippen LogP contribution >= 0.6 is 0 Å². The van der Waals surface area contributed by atoms with Crippen molar-refractivity contribution in [1.29, 1.82) is 0 Å². The monoisotopic (exact) mass is 540 g/mol. The normalized spacial score (nSPS) is 38.4. The van der Waals surface area contributed by atoms with E-state index in [-0.39, 0.29) is 41.1 Å². The largest absolute Gasteiger partial charge is 0.461 e. The Morgan fingerprint density at radius 1 is 1.21 bits per heavy atom. The predicted octanol–water partition coefficient (Wildman–Crippen LogP) is 4.63. The van der Waals surface area contributed by atoms with E-state index in [1.54, 1.807) is 31.2 Å². The summed E-state index contributed by atoms with van der Waals surface area (Å²) in [5.41, 5.74) is -2.87. The molecule has 0 aromatic rings. The predicted molar refractivity (Wildman–Crippen MR) is 147 cm³/mol. The van der Waals surface area contributed by atoms with Gasteiger partial charge < -0.3 is 19.7 Å². The van der Waals surface area contributed by atoms with E-state index in [0.29, 0.717) is 12.0 Å². The van der Waals surface area contributed by atoms with Crippen LogP contribution in [0.25, 0.3) is 0 Å². The Bertz CT molecular complexity index is 1130. The molecule has 2 bridgehead atoms. The molecule has 39 heavy (non-hydrogen) atoms. The molecule has 4 aliphatic rings. The highest BCUT2D eigenvalue weighted by molar-refractivity contribution is 5.95. The fourth-order valence-corrected chi connectivity index (χ4v) is 7.74. The lowest BCUT2D eigenvalue weighted by molar-refractivity contribution is -0.201. The van der Waals surface area contributed by atoms with Crippen LogP contribution in [0.2, 0.25) is 0 Å². The van der Waals surface area contributed by atoms with Crippen molar-refractivity contribution in [2.75, 3.05) is 6.61 Å². The molecule has 0 aliphatic heterocycles. The Morgan fingerprint density at radius 3 is 2.59 bits per heavy atom. The third-order valence-corrected chi connectivity index (χ3v) is 9.84. The van der Waals surface area contributed by atoms with Crippen molar-refractivity contribution in [3.05, 3.63) is 47.6 Å². The fourth-order valence-electron chi connectivity index (χ4n) is 7.74. The summed E-state index contributed by atoms with van der Waals surface area (Å²) in [4.78, 5) is 39.1. The molecule has 4 aliphatic carbocycles. The number of hydrogen-bond donors (Lipinski definition) is 2. The average Bonchev–Trinajstić information content (AvgIpc) is 3.36. The van der Waals surface area contributed by atoms with Gasteiger partial charge in [-0.2, -0.15) is 0 Å². The summed E-state index contributed by atoms with van der Waals surface area (Å²) in [7, 11) is 0. The summed E-state index contributed by atoms with van der Waals surface area (Å²) in [6, 6.07) is 0. The zero-order chi connectivity index (χ0) is 28.8. The molecule has 0 amide bonds. The van der Waals surface area contributed by atoms with Crippen LogP contribution in [0.3, 0.4) is 0 Å².